The molecule has 1 aromatic carbocycles. The fourth-order valence-corrected chi connectivity index (χ4v) is 1.40. The lowest BCUT2D eigenvalue weighted by Crippen LogP contribution is -2.21. The van der Waals surface area contributed by atoms with Crippen LogP contribution in [-0.4, -0.2) is 18.2 Å². The van der Waals surface area contributed by atoms with Gasteiger partial charge in [0.05, 0.1) is 7.11 Å². The van der Waals surface area contributed by atoms with Crippen LogP contribution >= 0.6 is 11.6 Å². The summed E-state index contributed by atoms with van der Waals surface area (Å²) in [4.78, 5) is 10.7. The maximum Gasteiger partial charge on any atom is 0.325 e. The average molecular weight is 216 g/mol. The number of rotatable bonds is 3. The van der Waals surface area contributed by atoms with Crippen molar-refractivity contribution in [1.82, 2.24) is 0 Å². The molecule has 5 heteroatoms. The zero-order valence-corrected chi connectivity index (χ0v) is 8.28. The Morgan fingerprint density at radius 3 is 2.79 bits per heavy atom. The molecule has 0 saturated carbocycles. The van der Waals surface area contributed by atoms with E-state index in [4.69, 9.17) is 27.2 Å². The molecule has 0 fully saturated rings. The van der Waals surface area contributed by atoms with Crippen LogP contribution in [0.3, 0.4) is 0 Å². The zero-order chi connectivity index (χ0) is 10.7. The number of aliphatic carboxylic acids is 1. The van der Waals surface area contributed by atoms with Gasteiger partial charge in [0.2, 0.25) is 0 Å². The third kappa shape index (κ3) is 1.97. The Morgan fingerprint density at radius 1 is 1.64 bits per heavy atom. The van der Waals surface area contributed by atoms with Crippen LogP contribution in [0.1, 0.15) is 11.6 Å². The molecule has 0 aliphatic rings. The zero-order valence-electron chi connectivity index (χ0n) is 7.53. The Labute approximate surface area is 86.2 Å². The largest absolute Gasteiger partial charge is 0.496 e. The molecule has 76 valence electrons. The number of carboxylic acid groups (broad SMARTS) is 1. The molecular weight excluding hydrogens is 206 g/mol. The minimum atomic E-state index is -1.17. The standard InChI is InChI=1S/C9H10ClNO3/c1-14-6-4-2-3-5(10)7(6)8(11)9(12)13/h2-4,8H,11H2,1H3,(H,12,13)/t8-/m0/s1. The van der Waals surface area contributed by atoms with Gasteiger partial charge in [-0.05, 0) is 12.1 Å². The lowest BCUT2D eigenvalue weighted by Gasteiger charge is -2.13. The molecule has 0 aliphatic heterocycles. The van der Waals surface area contributed by atoms with Crippen molar-refractivity contribution in [2.75, 3.05) is 7.11 Å². The molecule has 0 aliphatic carbocycles. The molecule has 0 radical (unpaired) electrons. The lowest BCUT2D eigenvalue weighted by molar-refractivity contribution is -0.138. The molecule has 0 amide bonds. The Balaban J connectivity index is 3.23. The number of hydrogen-bond acceptors (Lipinski definition) is 3. The smallest absolute Gasteiger partial charge is 0.325 e. The van der Waals surface area contributed by atoms with Crippen molar-refractivity contribution in [1.29, 1.82) is 0 Å². The van der Waals surface area contributed by atoms with Crippen molar-refractivity contribution in [2.45, 2.75) is 6.04 Å². The topological polar surface area (TPSA) is 72.5 Å². The van der Waals surface area contributed by atoms with E-state index in [0.29, 0.717) is 16.3 Å². The minimum Gasteiger partial charge on any atom is -0.496 e. The van der Waals surface area contributed by atoms with Gasteiger partial charge in [-0.1, -0.05) is 17.7 Å². The molecule has 1 rings (SSSR count). The van der Waals surface area contributed by atoms with Crippen LogP contribution in [0, 0.1) is 0 Å². The summed E-state index contributed by atoms with van der Waals surface area (Å²) in [5, 5.41) is 9.03. The molecule has 0 saturated heterocycles. The first-order valence-electron chi connectivity index (χ1n) is 3.88. The molecule has 14 heavy (non-hydrogen) atoms. The van der Waals surface area contributed by atoms with Crippen LogP contribution in [0.15, 0.2) is 18.2 Å². The van der Waals surface area contributed by atoms with Gasteiger partial charge in [0.25, 0.3) is 0 Å². The van der Waals surface area contributed by atoms with E-state index in [-0.39, 0.29) is 0 Å². The highest BCUT2D eigenvalue weighted by atomic mass is 35.5. The molecule has 1 atom stereocenters. The third-order valence-electron chi connectivity index (χ3n) is 1.81. The van der Waals surface area contributed by atoms with Gasteiger partial charge in [-0.25, -0.2) is 0 Å². The van der Waals surface area contributed by atoms with Crippen molar-refractivity contribution in [3.63, 3.8) is 0 Å². The van der Waals surface area contributed by atoms with E-state index in [1.54, 1.807) is 18.2 Å². The second kappa shape index (κ2) is 4.30. The van der Waals surface area contributed by atoms with Crippen molar-refractivity contribution < 1.29 is 14.6 Å². The highest BCUT2D eigenvalue weighted by molar-refractivity contribution is 6.31. The number of benzene rings is 1. The SMILES string of the molecule is COc1cccc(Cl)c1[C@H](N)C(=O)O. The van der Waals surface area contributed by atoms with Gasteiger partial charge < -0.3 is 15.6 Å². The van der Waals surface area contributed by atoms with E-state index >= 15 is 0 Å². The quantitative estimate of drug-likeness (QED) is 0.800. The van der Waals surface area contributed by atoms with Crippen LogP contribution in [0.2, 0.25) is 5.02 Å². The van der Waals surface area contributed by atoms with Crippen molar-refractivity contribution in [3.8, 4) is 5.75 Å². The lowest BCUT2D eigenvalue weighted by atomic mass is 10.1. The minimum absolute atomic E-state index is 0.291. The van der Waals surface area contributed by atoms with Crippen LogP contribution in [-0.2, 0) is 4.79 Å². The maximum absolute atomic E-state index is 10.7. The number of halogens is 1. The van der Waals surface area contributed by atoms with Crippen LogP contribution < -0.4 is 10.5 Å². The summed E-state index contributed by atoms with van der Waals surface area (Å²) in [6, 6.07) is 3.68. The maximum atomic E-state index is 10.7. The van der Waals surface area contributed by atoms with E-state index in [2.05, 4.69) is 0 Å². The first-order valence-corrected chi connectivity index (χ1v) is 4.26. The fraction of sp³-hybridized carbons (Fsp3) is 0.222. The summed E-state index contributed by atoms with van der Waals surface area (Å²) >= 11 is 5.82. The Hall–Kier alpha value is -1.26. The van der Waals surface area contributed by atoms with E-state index in [0.717, 1.165) is 0 Å². The molecule has 0 spiro atoms. The molecule has 0 heterocycles. The van der Waals surface area contributed by atoms with Gasteiger partial charge >= 0.3 is 5.97 Å². The van der Waals surface area contributed by atoms with Gasteiger partial charge in [0.1, 0.15) is 11.8 Å². The van der Waals surface area contributed by atoms with Crippen molar-refractivity contribution in [3.05, 3.63) is 28.8 Å². The number of hydrogen-bond donors (Lipinski definition) is 2. The fourth-order valence-electron chi connectivity index (χ4n) is 1.12. The second-order valence-electron chi connectivity index (χ2n) is 2.67. The monoisotopic (exact) mass is 215 g/mol. The number of ether oxygens (including phenoxy) is 1. The summed E-state index contributed by atoms with van der Waals surface area (Å²) in [7, 11) is 1.43. The molecule has 4 nitrogen and oxygen atoms in total. The van der Waals surface area contributed by atoms with E-state index < -0.39 is 12.0 Å². The molecule has 0 bridgehead atoms. The summed E-state index contributed by atoms with van der Waals surface area (Å²) < 4.78 is 4.97. The van der Waals surface area contributed by atoms with E-state index in [1.807, 2.05) is 0 Å². The normalized spacial score (nSPS) is 12.2. The first kappa shape index (κ1) is 10.8. The van der Waals surface area contributed by atoms with Crippen molar-refractivity contribution in [2.24, 2.45) is 5.73 Å². The van der Waals surface area contributed by atoms with Crippen LogP contribution in [0.25, 0.3) is 0 Å². The summed E-state index contributed by atoms with van der Waals surface area (Å²) in [5.41, 5.74) is 5.75. The van der Waals surface area contributed by atoms with Crippen molar-refractivity contribution >= 4 is 17.6 Å². The van der Waals surface area contributed by atoms with Gasteiger partial charge in [0, 0.05) is 10.6 Å². The molecule has 0 unspecified atom stereocenters. The molecular formula is C9H10ClNO3. The third-order valence-corrected chi connectivity index (χ3v) is 2.14. The van der Waals surface area contributed by atoms with Gasteiger partial charge in [-0.2, -0.15) is 0 Å². The van der Waals surface area contributed by atoms with E-state index in [1.165, 1.54) is 7.11 Å². The van der Waals surface area contributed by atoms with E-state index in [9.17, 15) is 4.79 Å². The molecule has 3 N–H and O–H groups in total. The van der Waals surface area contributed by atoms with Gasteiger partial charge in [0.15, 0.2) is 0 Å². The first-order chi connectivity index (χ1) is 6.57. The number of methoxy groups -OCH3 is 1. The summed E-state index contributed by atoms with van der Waals surface area (Å²) in [5.74, 6) is -0.760. The number of nitrogens with two attached hydrogens (primary N) is 1. The Kier molecular flexibility index (Phi) is 3.33. The Bertz CT molecular complexity index is 354. The highest BCUT2D eigenvalue weighted by Crippen LogP contribution is 2.30. The predicted octanol–water partition coefficient (Wildman–Crippen LogP) is 1.43. The van der Waals surface area contributed by atoms with Crippen LogP contribution in [0.4, 0.5) is 0 Å². The molecule has 1 aromatic rings. The van der Waals surface area contributed by atoms with Gasteiger partial charge in [-0.15, -0.1) is 0 Å². The average Bonchev–Trinajstić information content (AvgIpc) is 2.16. The number of carboxylic acids is 1. The summed E-state index contributed by atoms with van der Waals surface area (Å²) in [6.45, 7) is 0. The second-order valence-corrected chi connectivity index (χ2v) is 3.08. The summed E-state index contributed by atoms with van der Waals surface area (Å²) in [6.07, 6.45) is 0. The predicted molar refractivity (Wildman–Crippen MR) is 52.6 cm³/mol. The van der Waals surface area contributed by atoms with Gasteiger partial charge in [-0.3, -0.25) is 4.79 Å². The van der Waals surface area contributed by atoms with Crippen LogP contribution in [0.5, 0.6) is 5.75 Å². The highest BCUT2D eigenvalue weighted by Gasteiger charge is 2.21. The Morgan fingerprint density at radius 2 is 2.29 bits per heavy atom. The number of carbonyl (C=O) groups is 1. The molecule has 0 aromatic heterocycles.